The molecule has 0 aliphatic carbocycles. The third-order valence-electron chi connectivity index (χ3n) is 4.43. The average molecular weight is 310 g/mol. The van der Waals surface area contributed by atoms with Gasteiger partial charge in [-0.2, -0.15) is 0 Å². The van der Waals surface area contributed by atoms with E-state index in [1.54, 1.807) is 0 Å². The molecule has 1 N–H and O–H groups in total. The van der Waals surface area contributed by atoms with E-state index in [2.05, 4.69) is 85.7 Å². The van der Waals surface area contributed by atoms with Crippen LogP contribution in [0.5, 0.6) is 5.75 Å². The summed E-state index contributed by atoms with van der Waals surface area (Å²) in [6.07, 6.45) is 0. The molecule has 23 heavy (non-hydrogen) atoms. The summed E-state index contributed by atoms with van der Waals surface area (Å²) in [5.41, 5.74) is 6.80. The Balaban J connectivity index is 2.82. The highest BCUT2D eigenvalue weighted by molar-refractivity contribution is 5.72. The summed E-state index contributed by atoms with van der Waals surface area (Å²) in [7, 11) is 0. The lowest BCUT2D eigenvalue weighted by atomic mass is 9.77. The van der Waals surface area contributed by atoms with Crippen LogP contribution in [-0.2, 0) is 10.8 Å². The summed E-state index contributed by atoms with van der Waals surface area (Å²) in [5.74, 6) is 0.444. The van der Waals surface area contributed by atoms with Gasteiger partial charge in [0.05, 0.1) is 0 Å². The number of benzene rings is 2. The molecule has 0 amide bonds. The number of rotatable bonds is 1. The zero-order valence-electron chi connectivity index (χ0n) is 15.8. The molecule has 0 unspecified atom stereocenters. The van der Waals surface area contributed by atoms with Crippen LogP contribution in [0.4, 0.5) is 0 Å². The van der Waals surface area contributed by atoms with Crippen LogP contribution >= 0.6 is 0 Å². The highest BCUT2D eigenvalue weighted by Crippen LogP contribution is 2.42. The summed E-state index contributed by atoms with van der Waals surface area (Å²) in [5, 5.41) is 10.9. The van der Waals surface area contributed by atoms with Crippen LogP contribution in [0.15, 0.2) is 30.3 Å². The van der Waals surface area contributed by atoms with E-state index in [4.69, 9.17) is 0 Å². The molecular formula is C22H30O. The molecule has 0 aromatic heterocycles. The molecule has 0 saturated heterocycles. The van der Waals surface area contributed by atoms with Crippen molar-refractivity contribution < 1.29 is 5.11 Å². The predicted molar refractivity (Wildman–Crippen MR) is 100 cm³/mol. The van der Waals surface area contributed by atoms with Crippen molar-refractivity contribution in [2.24, 2.45) is 0 Å². The molecule has 0 atom stereocenters. The molecule has 0 fully saturated rings. The third-order valence-corrected chi connectivity index (χ3v) is 4.43. The van der Waals surface area contributed by atoms with Gasteiger partial charge < -0.3 is 5.11 Å². The van der Waals surface area contributed by atoms with Gasteiger partial charge >= 0.3 is 0 Å². The fourth-order valence-electron chi connectivity index (χ4n) is 2.98. The summed E-state index contributed by atoms with van der Waals surface area (Å²) in [4.78, 5) is 0. The Hall–Kier alpha value is -1.76. The number of hydrogen-bond donors (Lipinski definition) is 1. The zero-order chi connectivity index (χ0) is 17.6. The van der Waals surface area contributed by atoms with Gasteiger partial charge in [-0.05, 0) is 53.5 Å². The van der Waals surface area contributed by atoms with Crippen molar-refractivity contribution in [1.82, 2.24) is 0 Å². The molecule has 124 valence electrons. The molecule has 2 aromatic carbocycles. The van der Waals surface area contributed by atoms with Gasteiger partial charge in [-0.1, -0.05) is 65.3 Å². The van der Waals surface area contributed by atoms with E-state index in [-0.39, 0.29) is 10.8 Å². The van der Waals surface area contributed by atoms with Crippen LogP contribution < -0.4 is 0 Å². The zero-order valence-corrected chi connectivity index (χ0v) is 15.8. The van der Waals surface area contributed by atoms with Crippen LogP contribution in [0.3, 0.4) is 0 Å². The maximum absolute atomic E-state index is 10.9. The summed E-state index contributed by atoms with van der Waals surface area (Å²) < 4.78 is 0. The van der Waals surface area contributed by atoms with Crippen molar-refractivity contribution in [1.29, 1.82) is 0 Å². The minimum absolute atomic E-state index is 0.0994. The SMILES string of the molecule is Cc1ccc(C)c(-c2cc(C(C)(C)C)c(O)c(C(C)(C)C)c2)c1. The van der Waals surface area contributed by atoms with Crippen molar-refractivity contribution in [2.45, 2.75) is 66.2 Å². The fraction of sp³-hybridized carbons (Fsp3) is 0.455. The summed E-state index contributed by atoms with van der Waals surface area (Å²) >= 11 is 0. The number of phenols is 1. The second-order valence-corrected chi connectivity index (χ2v) is 8.74. The average Bonchev–Trinajstić information content (AvgIpc) is 2.39. The largest absolute Gasteiger partial charge is 0.507 e. The predicted octanol–water partition coefficient (Wildman–Crippen LogP) is 6.27. The highest BCUT2D eigenvalue weighted by atomic mass is 16.3. The third kappa shape index (κ3) is 3.60. The van der Waals surface area contributed by atoms with Crippen molar-refractivity contribution in [2.75, 3.05) is 0 Å². The van der Waals surface area contributed by atoms with E-state index in [0.29, 0.717) is 5.75 Å². The molecule has 0 aliphatic heterocycles. The van der Waals surface area contributed by atoms with Gasteiger partial charge in [0.15, 0.2) is 0 Å². The van der Waals surface area contributed by atoms with Crippen LogP contribution in [0.2, 0.25) is 0 Å². The topological polar surface area (TPSA) is 20.2 Å². The maximum atomic E-state index is 10.9. The van der Waals surface area contributed by atoms with Crippen LogP contribution in [0.1, 0.15) is 63.8 Å². The molecule has 0 bridgehead atoms. The number of aryl methyl sites for hydroxylation is 2. The standard InChI is InChI=1S/C22H30O/c1-14-9-10-15(2)17(11-14)16-12-18(21(3,4)5)20(23)19(13-16)22(6,7)8/h9-13,23H,1-8H3. The van der Waals surface area contributed by atoms with Crippen molar-refractivity contribution >= 4 is 0 Å². The lowest BCUT2D eigenvalue weighted by Gasteiger charge is -2.28. The van der Waals surface area contributed by atoms with E-state index in [1.165, 1.54) is 22.3 Å². The van der Waals surface area contributed by atoms with Gasteiger partial charge in [-0.25, -0.2) is 0 Å². The second kappa shape index (κ2) is 5.70. The first-order chi connectivity index (χ1) is 10.4. The molecule has 2 aromatic rings. The summed E-state index contributed by atoms with van der Waals surface area (Å²) in [6, 6.07) is 10.9. The van der Waals surface area contributed by atoms with Crippen molar-refractivity contribution in [3.63, 3.8) is 0 Å². The molecule has 0 radical (unpaired) electrons. The molecular weight excluding hydrogens is 280 g/mol. The van der Waals surface area contributed by atoms with Crippen molar-refractivity contribution in [3.8, 4) is 16.9 Å². The van der Waals surface area contributed by atoms with Crippen LogP contribution in [0.25, 0.3) is 11.1 Å². The Labute approximate surface area is 141 Å². The Morgan fingerprint density at radius 3 is 1.65 bits per heavy atom. The first kappa shape index (κ1) is 17.6. The Morgan fingerprint density at radius 2 is 1.22 bits per heavy atom. The fourth-order valence-corrected chi connectivity index (χ4v) is 2.98. The van der Waals surface area contributed by atoms with Crippen molar-refractivity contribution in [3.05, 3.63) is 52.6 Å². The molecule has 1 heteroatoms. The minimum atomic E-state index is -0.0994. The van der Waals surface area contributed by atoms with Gasteiger partial charge in [0.1, 0.15) is 5.75 Å². The normalized spacial score (nSPS) is 12.5. The van der Waals surface area contributed by atoms with Gasteiger partial charge in [0.2, 0.25) is 0 Å². The molecule has 1 nitrogen and oxygen atoms in total. The maximum Gasteiger partial charge on any atom is 0.123 e. The van der Waals surface area contributed by atoms with E-state index in [1.807, 2.05) is 0 Å². The molecule has 2 rings (SSSR count). The van der Waals surface area contributed by atoms with Gasteiger partial charge in [0.25, 0.3) is 0 Å². The van der Waals surface area contributed by atoms with E-state index >= 15 is 0 Å². The molecule has 0 saturated carbocycles. The number of aromatic hydroxyl groups is 1. The van der Waals surface area contributed by atoms with E-state index < -0.39 is 0 Å². The highest BCUT2D eigenvalue weighted by Gasteiger charge is 2.27. The first-order valence-electron chi connectivity index (χ1n) is 8.37. The molecule has 0 heterocycles. The number of phenolic OH excluding ortho intramolecular Hbond substituents is 1. The Kier molecular flexibility index (Phi) is 4.36. The van der Waals surface area contributed by atoms with Crippen LogP contribution in [0, 0.1) is 13.8 Å². The second-order valence-electron chi connectivity index (χ2n) is 8.74. The molecule has 0 aliphatic rings. The molecule has 0 spiro atoms. The Morgan fingerprint density at radius 1 is 0.739 bits per heavy atom. The monoisotopic (exact) mass is 310 g/mol. The first-order valence-corrected chi connectivity index (χ1v) is 8.37. The van der Waals surface area contributed by atoms with E-state index in [9.17, 15) is 5.11 Å². The van der Waals surface area contributed by atoms with Gasteiger partial charge in [-0.3, -0.25) is 0 Å². The van der Waals surface area contributed by atoms with Gasteiger partial charge in [0, 0.05) is 11.1 Å². The smallest absolute Gasteiger partial charge is 0.123 e. The van der Waals surface area contributed by atoms with Gasteiger partial charge in [-0.15, -0.1) is 0 Å². The lowest BCUT2D eigenvalue weighted by molar-refractivity contribution is 0.423. The lowest BCUT2D eigenvalue weighted by Crippen LogP contribution is -2.17. The quantitative estimate of drug-likeness (QED) is 0.658. The van der Waals surface area contributed by atoms with Crippen LogP contribution in [-0.4, -0.2) is 5.11 Å². The summed E-state index contributed by atoms with van der Waals surface area (Å²) in [6.45, 7) is 17.2. The Bertz CT molecular complexity index is 690. The number of hydrogen-bond acceptors (Lipinski definition) is 1. The minimum Gasteiger partial charge on any atom is -0.507 e. The van der Waals surface area contributed by atoms with E-state index in [0.717, 1.165) is 11.1 Å².